The van der Waals surface area contributed by atoms with Gasteiger partial charge in [0.25, 0.3) is 0 Å². The van der Waals surface area contributed by atoms with Gasteiger partial charge in [-0.05, 0) is 49.2 Å². The lowest BCUT2D eigenvalue weighted by Gasteiger charge is -2.17. The predicted octanol–water partition coefficient (Wildman–Crippen LogP) is 4.52. The molecule has 0 saturated carbocycles. The SMILES string of the molecule is Cl.Fc1ccc(Nc2nc(Nc3ccccc3)nc(N3CCCC3)n2)cc1. The molecule has 0 unspecified atom stereocenters. The number of rotatable bonds is 5. The van der Waals surface area contributed by atoms with Crippen LogP contribution in [0.3, 0.4) is 0 Å². The minimum Gasteiger partial charge on any atom is -0.341 e. The number of benzene rings is 2. The number of hydrogen-bond acceptors (Lipinski definition) is 6. The van der Waals surface area contributed by atoms with E-state index in [9.17, 15) is 4.39 Å². The molecule has 0 amide bonds. The summed E-state index contributed by atoms with van der Waals surface area (Å²) in [4.78, 5) is 15.7. The first-order valence-electron chi connectivity index (χ1n) is 8.62. The molecule has 4 rings (SSSR count). The molecule has 1 aliphatic rings. The van der Waals surface area contributed by atoms with Crippen LogP contribution in [0.5, 0.6) is 0 Å². The lowest BCUT2D eigenvalue weighted by atomic mass is 10.3. The second kappa shape index (κ2) is 8.64. The summed E-state index contributed by atoms with van der Waals surface area (Å²) in [5.74, 6) is 1.25. The Morgan fingerprint density at radius 2 is 1.30 bits per heavy atom. The minimum absolute atomic E-state index is 0. The van der Waals surface area contributed by atoms with Crippen molar-refractivity contribution in [3.8, 4) is 0 Å². The average Bonchev–Trinajstić information content (AvgIpc) is 3.19. The number of nitrogens with one attached hydrogen (secondary N) is 2. The summed E-state index contributed by atoms with van der Waals surface area (Å²) in [6.07, 6.45) is 2.27. The third-order valence-corrected chi connectivity index (χ3v) is 4.14. The summed E-state index contributed by atoms with van der Waals surface area (Å²) in [6, 6.07) is 15.8. The van der Waals surface area contributed by atoms with Crippen LogP contribution in [-0.2, 0) is 0 Å². The molecule has 0 spiro atoms. The third kappa shape index (κ3) is 4.83. The number of para-hydroxylation sites is 1. The Hall–Kier alpha value is -2.93. The Morgan fingerprint density at radius 3 is 1.89 bits per heavy atom. The Labute approximate surface area is 163 Å². The van der Waals surface area contributed by atoms with Crippen LogP contribution in [0.25, 0.3) is 0 Å². The lowest BCUT2D eigenvalue weighted by Crippen LogP contribution is -2.21. The quantitative estimate of drug-likeness (QED) is 0.672. The van der Waals surface area contributed by atoms with Crippen molar-refractivity contribution in [3.05, 3.63) is 60.4 Å². The largest absolute Gasteiger partial charge is 0.341 e. The number of halogens is 2. The summed E-state index contributed by atoms with van der Waals surface area (Å²) < 4.78 is 13.1. The molecule has 2 heterocycles. The molecule has 2 N–H and O–H groups in total. The highest BCUT2D eigenvalue weighted by Crippen LogP contribution is 2.22. The molecule has 8 heteroatoms. The Morgan fingerprint density at radius 1 is 0.741 bits per heavy atom. The maximum atomic E-state index is 13.1. The van der Waals surface area contributed by atoms with Crippen LogP contribution < -0.4 is 15.5 Å². The van der Waals surface area contributed by atoms with Crippen LogP contribution in [0.2, 0.25) is 0 Å². The van der Waals surface area contributed by atoms with E-state index in [1.54, 1.807) is 12.1 Å². The normalized spacial score (nSPS) is 13.1. The van der Waals surface area contributed by atoms with Crippen LogP contribution in [-0.4, -0.2) is 28.0 Å². The second-order valence-corrected chi connectivity index (χ2v) is 6.10. The number of nitrogens with zero attached hydrogens (tertiary/aromatic N) is 4. The zero-order valence-corrected chi connectivity index (χ0v) is 15.4. The van der Waals surface area contributed by atoms with E-state index in [0.29, 0.717) is 17.8 Å². The molecule has 1 fully saturated rings. The fraction of sp³-hybridized carbons (Fsp3) is 0.211. The first-order chi connectivity index (χ1) is 12.8. The van der Waals surface area contributed by atoms with Crippen LogP contribution in [0.4, 0.5) is 33.6 Å². The van der Waals surface area contributed by atoms with E-state index in [0.717, 1.165) is 37.3 Å². The van der Waals surface area contributed by atoms with Gasteiger partial charge in [-0.2, -0.15) is 15.0 Å². The zero-order chi connectivity index (χ0) is 17.8. The van der Waals surface area contributed by atoms with Crippen molar-refractivity contribution in [1.82, 2.24) is 15.0 Å². The highest BCUT2D eigenvalue weighted by Gasteiger charge is 2.17. The van der Waals surface area contributed by atoms with Crippen molar-refractivity contribution >= 4 is 41.6 Å². The Bertz CT molecular complexity index is 869. The summed E-state index contributed by atoms with van der Waals surface area (Å²) in [7, 11) is 0. The topological polar surface area (TPSA) is 66.0 Å². The van der Waals surface area contributed by atoms with Gasteiger partial charge in [-0.15, -0.1) is 12.4 Å². The summed E-state index contributed by atoms with van der Waals surface area (Å²) in [5, 5.41) is 6.34. The van der Waals surface area contributed by atoms with E-state index in [1.165, 1.54) is 12.1 Å². The van der Waals surface area contributed by atoms with Gasteiger partial charge < -0.3 is 15.5 Å². The number of anilines is 5. The predicted molar refractivity (Wildman–Crippen MR) is 108 cm³/mol. The molecule has 27 heavy (non-hydrogen) atoms. The number of aromatic nitrogens is 3. The van der Waals surface area contributed by atoms with E-state index in [1.807, 2.05) is 30.3 Å². The van der Waals surface area contributed by atoms with Gasteiger partial charge >= 0.3 is 0 Å². The maximum absolute atomic E-state index is 13.1. The van der Waals surface area contributed by atoms with Gasteiger partial charge in [-0.25, -0.2) is 4.39 Å². The lowest BCUT2D eigenvalue weighted by molar-refractivity contribution is 0.628. The van der Waals surface area contributed by atoms with E-state index >= 15 is 0 Å². The fourth-order valence-corrected chi connectivity index (χ4v) is 2.85. The third-order valence-electron chi connectivity index (χ3n) is 4.14. The van der Waals surface area contributed by atoms with Crippen molar-refractivity contribution in [2.75, 3.05) is 28.6 Å². The molecule has 140 valence electrons. The fourth-order valence-electron chi connectivity index (χ4n) is 2.85. The summed E-state index contributed by atoms with van der Waals surface area (Å²) in [5.41, 5.74) is 1.62. The first kappa shape index (κ1) is 18.8. The van der Waals surface area contributed by atoms with Crippen molar-refractivity contribution in [2.24, 2.45) is 0 Å². The highest BCUT2D eigenvalue weighted by molar-refractivity contribution is 5.85. The van der Waals surface area contributed by atoms with Crippen LogP contribution in [0.15, 0.2) is 54.6 Å². The van der Waals surface area contributed by atoms with Gasteiger partial charge in [0.15, 0.2) is 0 Å². The van der Waals surface area contributed by atoms with Gasteiger partial charge in [0.1, 0.15) is 5.82 Å². The van der Waals surface area contributed by atoms with Crippen molar-refractivity contribution in [1.29, 1.82) is 0 Å². The molecule has 2 aromatic carbocycles. The zero-order valence-electron chi connectivity index (χ0n) is 14.6. The first-order valence-corrected chi connectivity index (χ1v) is 8.62. The Balaban J connectivity index is 0.00000210. The van der Waals surface area contributed by atoms with Crippen molar-refractivity contribution < 1.29 is 4.39 Å². The molecule has 0 aliphatic carbocycles. The van der Waals surface area contributed by atoms with Crippen molar-refractivity contribution in [2.45, 2.75) is 12.8 Å². The smallest absolute Gasteiger partial charge is 0.233 e. The second-order valence-electron chi connectivity index (χ2n) is 6.10. The molecule has 0 radical (unpaired) electrons. The molecule has 3 aromatic rings. The number of hydrogen-bond donors (Lipinski definition) is 2. The maximum Gasteiger partial charge on any atom is 0.233 e. The van der Waals surface area contributed by atoms with Crippen LogP contribution in [0, 0.1) is 5.82 Å². The van der Waals surface area contributed by atoms with E-state index in [4.69, 9.17) is 0 Å². The molecule has 0 atom stereocenters. The van der Waals surface area contributed by atoms with Gasteiger partial charge in [-0.1, -0.05) is 18.2 Å². The van der Waals surface area contributed by atoms with Gasteiger partial charge in [0.2, 0.25) is 17.8 Å². The monoisotopic (exact) mass is 386 g/mol. The minimum atomic E-state index is -0.282. The van der Waals surface area contributed by atoms with E-state index in [2.05, 4.69) is 30.5 Å². The molecular weight excluding hydrogens is 367 g/mol. The van der Waals surface area contributed by atoms with Crippen LogP contribution >= 0.6 is 12.4 Å². The van der Waals surface area contributed by atoms with Gasteiger partial charge in [0, 0.05) is 24.5 Å². The summed E-state index contributed by atoms with van der Waals surface area (Å²) >= 11 is 0. The molecular formula is C19H20ClFN6. The van der Waals surface area contributed by atoms with Crippen molar-refractivity contribution in [3.63, 3.8) is 0 Å². The molecule has 1 aliphatic heterocycles. The van der Waals surface area contributed by atoms with E-state index in [-0.39, 0.29) is 18.2 Å². The van der Waals surface area contributed by atoms with E-state index < -0.39 is 0 Å². The molecule has 0 bridgehead atoms. The molecule has 1 saturated heterocycles. The molecule has 6 nitrogen and oxygen atoms in total. The summed E-state index contributed by atoms with van der Waals surface area (Å²) in [6.45, 7) is 1.87. The highest BCUT2D eigenvalue weighted by atomic mass is 35.5. The Kier molecular flexibility index (Phi) is 6.03. The van der Waals surface area contributed by atoms with Gasteiger partial charge in [0.05, 0.1) is 0 Å². The standard InChI is InChI=1S/C19H19FN6.ClH/c20-14-8-10-16(11-9-14)22-18-23-17(21-15-6-2-1-3-7-15)24-19(25-18)26-12-4-5-13-26;/h1-3,6-11H,4-5,12-13H2,(H2,21,22,23,24,25);1H. The molecule has 1 aromatic heterocycles. The van der Waals surface area contributed by atoms with Crippen LogP contribution in [0.1, 0.15) is 12.8 Å². The van der Waals surface area contributed by atoms with Gasteiger partial charge in [-0.3, -0.25) is 0 Å². The average molecular weight is 387 g/mol.